The Morgan fingerprint density at radius 1 is 1.40 bits per heavy atom. The third-order valence-electron chi connectivity index (χ3n) is 1.40. The van der Waals surface area contributed by atoms with Gasteiger partial charge in [0, 0.05) is 13.1 Å². The van der Waals surface area contributed by atoms with E-state index in [2.05, 4.69) is 34.5 Å². The van der Waals surface area contributed by atoms with Gasteiger partial charge in [-0.3, -0.25) is 0 Å². The zero-order chi connectivity index (χ0) is 7.40. The van der Waals surface area contributed by atoms with Gasteiger partial charge in [-0.15, -0.1) is 0 Å². The summed E-state index contributed by atoms with van der Waals surface area (Å²) in [5.74, 6) is 0.741. The fourth-order valence-corrected chi connectivity index (χ4v) is 0.811. The minimum absolute atomic E-state index is 0.741. The Hall–Kier alpha value is -1.13. The highest BCUT2D eigenvalue weighted by atomic mass is 15.5. The van der Waals surface area contributed by atoms with Crippen molar-refractivity contribution in [2.24, 2.45) is 0 Å². The molecule has 1 aromatic rings. The van der Waals surface area contributed by atoms with E-state index in [4.69, 9.17) is 0 Å². The average Bonchev–Trinajstić information content (AvgIpc) is 2.43. The second kappa shape index (κ2) is 3.14. The van der Waals surface area contributed by atoms with Gasteiger partial charge in [0.05, 0.1) is 0 Å². The number of rotatable bonds is 3. The van der Waals surface area contributed by atoms with Gasteiger partial charge in [-0.2, -0.15) is 0 Å². The van der Waals surface area contributed by atoms with Crippen molar-refractivity contribution in [2.75, 3.05) is 18.0 Å². The van der Waals surface area contributed by atoms with E-state index in [1.807, 2.05) is 4.90 Å². The maximum absolute atomic E-state index is 3.77. The molecule has 56 valence electrons. The van der Waals surface area contributed by atoms with E-state index in [1.54, 1.807) is 0 Å². The lowest BCUT2D eigenvalue weighted by Gasteiger charge is -2.14. The van der Waals surface area contributed by atoms with Crippen LogP contribution < -0.4 is 4.90 Å². The molecule has 0 amide bonds. The number of nitrogens with one attached hydrogen (secondary N) is 1. The van der Waals surface area contributed by atoms with Gasteiger partial charge in [-0.05, 0) is 24.3 Å². The molecule has 1 rings (SSSR count). The molecule has 0 bridgehead atoms. The lowest BCUT2D eigenvalue weighted by Crippen LogP contribution is -2.23. The molecular formula is C5H11N5. The summed E-state index contributed by atoms with van der Waals surface area (Å²) < 4.78 is 0. The van der Waals surface area contributed by atoms with Gasteiger partial charge in [0.15, 0.2) is 0 Å². The molecule has 0 aliphatic carbocycles. The molecule has 0 saturated carbocycles. The minimum Gasteiger partial charge on any atom is -0.340 e. The summed E-state index contributed by atoms with van der Waals surface area (Å²) in [4.78, 5) is 2.04. The lowest BCUT2D eigenvalue weighted by atomic mass is 10.5. The first-order valence-electron chi connectivity index (χ1n) is 3.37. The molecule has 0 aromatic carbocycles. The number of tetrazole rings is 1. The number of hydrogen-bond acceptors (Lipinski definition) is 4. The highest BCUT2D eigenvalue weighted by Gasteiger charge is 2.02. The first kappa shape index (κ1) is 6.98. The summed E-state index contributed by atoms with van der Waals surface area (Å²) in [6.45, 7) is 5.97. The Morgan fingerprint density at radius 3 is 2.50 bits per heavy atom. The monoisotopic (exact) mass is 141 g/mol. The Bertz CT molecular complexity index is 166. The van der Waals surface area contributed by atoms with Gasteiger partial charge in [0.1, 0.15) is 0 Å². The molecule has 0 saturated heterocycles. The molecule has 0 atom stereocenters. The smallest absolute Gasteiger partial charge is 0.242 e. The van der Waals surface area contributed by atoms with E-state index >= 15 is 0 Å². The number of nitrogens with zero attached hydrogens (tertiary/aromatic N) is 4. The Kier molecular flexibility index (Phi) is 2.20. The van der Waals surface area contributed by atoms with Gasteiger partial charge in [0.25, 0.3) is 0 Å². The van der Waals surface area contributed by atoms with Crippen molar-refractivity contribution in [3.8, 4) is 0 Å². The number of H-pyrrole nitrogens is 1. The highest BCUT2D eigenvalue weighted by Crippen LogP contribution is 2.00. The van der Waals surface area contributed by atoms with Crippen LogP contribution in [0.1, 0.15) is 13.8 Å². The topological polar surface area (TPSA) is 57.7 Å². The minimum atomic E-state index is 0.741. The average molecular weight is 141 g/mol. The lowest BCUT2D eigenvalue weighted by molar-refractivity contribution is 0.824. The van der Waals surface area contributed by atoms with Crippen LogP contribution in [0.4, 0.5) is 5.95 Å². The zero-order valence-electron chi connectivity index (χ0n) is 6.20. The van der Waals surface area contributed by atoms with Crippen LogP contribution in [0.5, 0.6) is 0 Å². The zero-order valence-corrected chi connectivity index (χ0v) is 6.20. The molecule has 1 heterocycles. The maximum atomic E-state index is 3.77. The van der Waals surface area contributed by atoms with Crippen LogP contribution in [0.25, 0.3) is 0 Å². The SMILES string of the molecule is CCN(CC)c1nnn[nH]1. The van der Waals surface area contributed by atoms with Crippen LogP contribution in [0, 0.1) is 0 Å². The molecule has 5 heteroatoms. The summed E-state index contributed by atoms with van der Waals surface area (Å²) in [7, 11) is 0. The van der Waals surface area contributed by atoms with Crippen molar-refractivity contribution >= 4 is 5.95 Å². The summed E-state index contributed by atoms with van der Waals surface area (Å²) in [6, 6.07) is 0. The van der Waals surface area contributed by atoms with Crippen molar-refractivity contribution in [1.82, 2.24) is 20.6 Å². The second-order valence-electron chi connectivity index (χ2n) is 1.90. The highest BCUT2D eigenvalue weighted by molar-refractivity contribution is 5.24. The van der Waals surface area contributed by atoms with Crippen molar-refractivity contribution in [3.63, 3.8) is 0 Å². The van der Waals surface area contributed by atoms with E-state index < -0.39 is 0 Å². The predicted octanol–water partition coefficient (Wildman–Crippen LogP) is 0.0459. The molecule has 10 heavy (non-hydrogen) atoms. The van der Waals surface area contributed by atoms with Crippen LogP contribution in [0.2, 0.25) is 0 Å². The second-order valence-corrected chi connectivity index (χ2v) is 1.90. The molecule has 0 spiro atoms. The predicted molar refractivity (Wildman–Crippen MR) is 37.7 cm³/mol. The number of hydrogen-bond donors (Lipinski definition) is 1. The molecule has 0 unspecified atom stereocenters. The van der Waals surface area contributed by atoms with E-state index in [9.17, 15) is 0 Å². The first-order valence-corrected chi connectivity index (χ1v) is 3.37. The normalized spacial score (nSPS) is 9.80. The van der Waals surface area contributed by atoms with Crippen LogP contribution >= 0.6 is 0 Å². The Labute approximate surface area is 59.4 Å². The summed E-state index contributed by atoms with van der Waals surface area (Å²) >= 11 is 0. The third-order valence-corrected chi connectivity index (χ3v) is 1.40. The molecule has 0 aliphatic heterocycles. The van der Waals surface area contributed by atoms with E-state index in [1.165, 1.54) is 0 Å². The summed E-state index contributed by atoms with van der Waals surface area (Å²) in [5.41, 5.74) is 0. The quantitative estimate of drug-likeness (QED) is 0.646. The van der Waals surface area contributed by atoms with E-state index in [-0.39, 0.29) is 0 Å². The molecule has 5 nitrogen and oxygen atoms in total. The molecule has 0 aliphatic rings. The molecule has 1 N–H and O–H groups in total. The Morgan fingerprint density at radius 2 is 2.10 bits per heavy atom. The molecule has 1 aromatic heterocycles. The van der Waals surface area contributed by atoms with Crippen molar-refractivity contribution in [2.45, 2.75) is 13.8 Å². The fraction of sp³-hybridized carbons (Fsp3) is 0.800. The number of aromatic amines is 1. The Balaban J connectivity index is 2.64. The summed E-state index contributed by atoms with van der Waals surface area (Å²) in [6.07, 6.45) is 0. The van der Waals surface area contributed by atoms with Crippen molar-refractivity contribution in [3.05, 3.63) is 0 Å². The van der Waals surface area contributed by atoms with Gasteiger partial charge in [0.2, 0.25) is 5.95 Å². The number of aromatic nitrogens is 4. The van der Waals surface area contributed by atoms with Crippen LogP contribution in [-0.2, 0) is 0 Å². The van der Waals surface area contributed by atoms with Gasteiger partial charge < -0.3 is 4.90 Å². The summed E-state index contributed by atoms with van der Waals surface area (Å²) in [5, 5.41) is 13.4. The standard InChI is InChI=1S/C5H11N5/c1-3-10(4-2)5-6-8-9-7-5/h3-4H2,1-2H3,(H,6,7,8,9). The molecule has 0 fully saturated rings. The van der Waals surface area contributed by atoms with Crippen molar-refractivity contribution < 1.29 is 0 Å². The van der Waals surface area contributed by atoms with E-state index in [0.29, 0.717) is 0 Å². The molecule has 0 radical (unpaired) electrons. The third kappa shape index (κ3) is 1.23. The van der Waals surface area contributed by atoms with Crippen LogP contribution in [0.15, 0.2) is 0 Å². The van der Waals surface area contributed by atoms with Gasteiger partial charge in [-0.1, -0.05) is 5.10 Å². The maximum Gasteiger partial charge on any atom is 0.242 e. The van der Waals surface area contributed by atoms with Gasteiger partial charge >= 0.3 is 0 Å². The fourth-order valence-electron chi connectivity index (χ4n) is 0.811. The van der Waals surface area contributed by atoms with Crippen LogP contribution in [-0.4, -0.2) is 33.7 Å². The first-order chi connectivity index (χ1) is 4.88. The molecular weight excluding hydrogens is 130 g/mol. The largest absolute Gasteiger partial charge is 0.340 e. The number of anilines is 1. The van der Waals surface area contributed by atoms with Crippen LogP contribution in [0.3, 0.4) is 0 Å². The van der Waals surface area contributed by atoms with Crippen molar-refractivity contribution in [1.29, 1.82) is 0 Å². The van der Waals surface area contributed by atoms with E-state index in [0.717, 1.165) is 19.0 Å². The van der Waals surface area contributed by atoms with Gasteiger partial charge in [-0.25, -0.2) is 5.10 Å².